The number of nitrogens with two attached hydrogens (primary N) is 1. The molecule has 0 aliphatic carbocycles. The number of hydrogen-bond donors (Lipinski definition) is 2. The molecule has 2 rings (SSSR count). The summed E-state index contributed by atoms with van der Waals surface area (Å²) in [6.07, 6.45) is 0.259. The number of amides is 1. The standard InChI is InChI=1S/C15H20N4OS/c1-10(16)15-18-12(9-21-15)8-14(20)17-11-5-4-6-13(7-11)19(2)3/h4-7,9-10H,8,16H2,1-3H3,(H,17,20). The van der Waals surface area contributed by atoms with Gasteiger partial charge in [0.2, 0.25) is 5.91 Å². The Labute approximate surface area is 128 Å². The van der Waals surface area contributed by atoms with Crippen LogP contribution in [0.4, 0.5) is 11.4 Å². The van der Waals surface area contributed by atoms with Crippen LogP contribution in [-0.2, 0) is 11.2 Å². The van der Waals surface area contributed by atoms with E-state index in [2.05, 4.69) is 10.3 Å². The minimum absolute atomic E-state index is 0.0765. The quantitative estimate of drug-likeness (QED) is 0.890. The summed E-state index contributed by atoms with van der Waals surface area (Å²) in [5.74, 6) is -0.0765. The highest BCUT2D eigenvalue weighted by Gasteiger charge is 2.10. The number of carbonyl (C=O) groups is 1. The number of rotatable bonds is 5. The molecule has 1 aromatic heterocycles. The fourth-order valence-corrected chi connectivity index (χ4v) is 2.62. The number of nitrogens with one attached hydrogen (secondary N) is 1. The molecule has 1 aromatic carbocycles. The monoisotopic (exact) mass is 304 g/mol. The summed E-state index contributed by atoms with van der Waals surface area (Å²) in [6.45, 7) is 1.88. The third-order valence-corrected chi connectivity index (χ3v) is 4.04. The minimum atomic E-state index is -0.0939. The van der Waals surface area contributed by atoms with Gasteiger partial charge in [-0.2, -0.15) is 0 Å². The van der Waals surface area contributed by atoms with Gasteiger partial charge in [-0.25, -0.2) is 4.98 Å². The fourth-order valence-electron chi connectivity index (χ4n) is 1.84. The number of carbonyl (C=O) groups excluding carboxylic acids is 1. The predicted molar refractivity (Wildman–Crippen MR) is 87.8 cm³/mol. The second kappa shape index (κ2) is 6.69. The van der Waals surface area contributed by atoms with Crippen molar-refractivity contribution < 1.29 is 4.79 Å². The molecule has 0 aliphatic rings. The molecule has 1 unspecified atom stereocenters. The van der Waals surface area contributed by atoms with Gasteiger partial charge in [0.25, 0.3) is 0 Å². The van der Waals surface area contributed by atoms with Crippen molar-refractivity contribution in [2.24, 2.45) is 5.73 Å². The van der Waals surface area contributed by atoms with Crippen molar-refractivity contribution in [3.05, 3.63) is 40.3 Å². The Bertz CT molecular complexity index is 622. The SMILES string of the molecule is CC(N)c1nc(CC(=O)Nc2cccc(N(C)C)c2)cs1. The van der Waals surface area contributed by atoms with Crippen LogP contribution in [0.5, 0.6) is 0 Å². The second-order valence-electron chi connectivity index (χ2n) is 5.14. The number of hydrogen-bond acceptors (Lipinski definition) is 5. The van der Waals surface area contributed by atoms with E-state index in [1.807, 2.05) is 55.6 Å². The lowest BCUT2D eigenvalue weighted by atomic mass is 10.2. The topological polar surface area (TPSA) is 71.2 Å². The highest BCUT2D eigenvalue weighted by Crippen LogP contribution is 2.19. The molecule has 0 saturated heterocycles. The molecule has 0 aliphatic heterocycles. The Morgan fingerprint density at radius 1 is 1.48 bits per heavy atom. The van der Waals surface area contributed by atoms with Gasteiger partial charge in [0.1, 0.15) is 5.01 Å². The van der Waals surface area contributed by atoms with Crippen molar-refractivity contribution in [2.45, 2.75) is 19.4 Å². The van der Waals surface area contributed by atoms with Gasteiger partial charge in [0, 0.05) is 30.9 Å². The summed E-state index contributed by atoms with van der Waals surface area (Å²) in [7, 11) is 3.93. The van der Waals surface area contributed by atoms with Crippen molar-refractivity contribution in [1.29, 1.82) is 0 Å². The molecule has 1 amide bonds. The van der Waals surface area contributed by atoms with Gasteiger partial charge in [-0.1, -0.05) is 6.07 Å². The van der Waals surface area contributed by atoms with E-state index in [0.717, 1.165) is 22.1 Å². The Hall–Kier alpha value is -1.92. The van der Waals surface area contributed by atoms with Crippen LogP contribution in [0, 0.1) is 0 Å². The van der Waals surface area contributed by atoms with Crippen LogP contribution in [0.3, 0.4) is 0 Å². The van der Waals surface area contributed by atoms with Gasteiger partial charge in [-0.15, -0.1) is 11.3 Å². The Balaban J connectivity index is 1.99. The zero-order chi connectivity index (χ0) is 15.4. The summed E-state index contributed by atoms with van der Waals surface area (Å²) in [4.78, 5) is 18.4. The highest BCUT2D eigenvalue weighted by atomic mass is 32.1. The van der Waals surface area contributed by atoms with Crippen LogP contribution in [0.15, 0.2) is 29.6 Å². The van der Waals surface area contributed by atoms with Crippen LogP contribution < -0.4 is 16.0 Å². The number of benzene rings is 1. The van der Waals surface area contributed by atoms with Crippen molar-refractivity contribution in [1.82, 2.24) is 4.98 Å². The number of aromatic nitrogens is 1. The zero-order valence-corrected chi connectivity index (χ0v) is 13.3. The maximum absolute atomic E-state index is 12.1. The van der Waals surface area contributed by atoms with Crippen molar-refractivity contribution in [3.63, 3.8) is 0 Å². The molecule has 5 nitrogen and oxygen atoms in total. The van der Waals surface area contributed by atoms with Crippen LogP contribution in [0.2, 0.25) is 0 Å². The fraction of sp³-hybridized carbons (Fsp3) is 0.333. The molecule has 21 heavy (non-hydrogen) atoms. The normalized spacial score (nSPS) is 12.0. The maximum atomic E-state index is 12.1. The summed E-state index contributed by atoms with van der Waals surface area (Å²) >= 11 is 1.49. The first-order valence-corrected chi connectivity index (χ1v) is 7.61. The van der Waals surface area contributed by atoms with Crippen LogP contribution in [0.25, 0.3) is 0 Å². The van der Waals surface area contributed by atoms with E-state index >= 15 is 0 Å². The molecule has 0 fully saturated rings. The van der Waals surface area contributed by atoms with E-state index in [9.17, 15) is 4.79 Å². The van der Waals surface area contributed by atoms with Crippen molar-refractivity contribution in [2.75, 3.05) is 24.3 Å². The molecule has 0 saturated carbocycles. The van der Waals surface area contributed by atoms with Gasteiger partial charge < -0.3 is 16.0 Å². The molecule has 6 heteroatoms. The van der Waals surface area contributed by atoms with E-state index < -0.39 is 0 Å². The average molecular weight is 304 g/mol. The van der Waals surface area contributed by atoms with E-state index in [1.54, 1.807) is 0 Å². The van der Waals surface area contributed by atoms with E-state index in [-0.39, 0.29) is 18.4 Å². The first-order chi connectivity index (χ1) is 9.95. The molecule has 112 valence electrons. The molecule has 0 spiro atoms. The summed E-state index contributed by atoms with van der Waals surface area (Å²) in [5.41, 5.74) is 8.36. The lowest BCUT2D eigenvalue weighted by Gasteiger charge is -2.13. The maximum Gasteiger partial charge on any atom is 0.230 e. The first-order valence-electron chi connectivity index (χ1n) is 6.73. The second-order valence-corrected chi connectivity index (χ2v) is 6.03. The molecule has 0 radical (unpaired) electrons. The van der Waals surface area contributed by atoms with Gasteiger partial charge in [0.15, 0.2) is 0 Å². The molecule has 0 bridgehead atoms. The summed E-state index contributed by atoms with van der Waals surface area (Å²) in [6, 6.07) is 7.63. The predicted octanol–water partition coefficient (Wildman–Crippen LogP) is 2.41. The molecular weight excluding hydrogens is 284 g/mol. The number of nitrogens with zero attached hydrogens (tertiary/aromatic N) is 2. The van der Waals surface area contributed by atoms with Gasteiger partial charge in [0.05, 0.1) is 18.2 Å². The van der Waals surface area contributed by atoms with Crippen molar-refractivity contribution >= 4 is 28.6 Å². The first kappa shape index (κ1) is 15.5. The highest BCUT2D eigenvalue weighted by molar-refractivity contribution is 7.09. The van der Waals surface area contributed by atoms with Gasteiger partial charge >= 0.3 is 0 Å². The number of thiazole rings is 1. The largest absolute Gasteiger partial charge is 0.378 e. The lowest BCUT2D eigenvalue weighted by molar-refractivity contribution is -0.115. The Morgan fingerprint density at radius 3 is 2.86 bits per heavy atom. The van der Waals surface area contributed by atoms with Crippen molar-refractivity contribution in [3.8, 4) is 0 Å². The lowest BCUT2D eigenvalue weighted by Crippen LogP contribution is -2.15. The molecule has 1 atom stereocenters. The van der Waals surface area contributed by atoms with E-state index in [4.69, 9.17) is 5.73 Å². The third kappa shape index (κ3) is 4.27. The number of anilines is 2. The van der Waals surface area contributed by atoms with Crippen LogP contribution in [-0.4, -0.2) is 25.0 Å². The van der Waals surface area contributed by atoms with Gasteiger partial charge in [-0.3, -0.25) is 4.79 Å². The average Bonchev–Trinajstić information content (AvgIpc) is 2.87. The van der Waals surface area contributed by atoms with Crippen LogP contribution in [0.1, 0.15) is 23.7 Å². The minimum Gasteiger partial charge on any atom is -0.378 e. The molecular formula is C15H20N4OS. The molecule has 1 heterocycles. The summed E-state index contributed by atoms with van der Waals surface area (Å²) < 4.78 is 0. The molecule has 3 N–H and O–H groups in total. The Kier molecular flexibility index (Phi) is 4.93. The van der Waals surface area contributed by atoms with Crippen LogP contribution >= 0.6 is 11.3 Å². The Morgan fingerprint density at radius 2 is 2.24 bits per heavy atom. The molecule has 2 aromatic rings. The third-order valence-electron chi connectivity index (χ3n) is 2.95. The smallest absolute Gasteiger partial charge is 0.230 e. The van der Waals surface area contributed by atoms with Gasteiger partial charge in [-0.05, 0) is 25.1 Å². The van der Waals surface area contributed by atoms with E-state index in [1.165, 1.54) is 11.3 Å². The summed E-state index contributed by atoms with van der Waals surface area (Å²) in [5, 5.41) is 5.63. The van der Waals surface area contributed by atoms with E-state index in [0.29, 0.717) is 0 Å². The zero-order valence-electron chi connectivity index (χ0n) is 12.5.